The van der Waals surface area contributed by atoms with Gasteiger partial charge in [0.05, 0.1) is 37.4 Å². The highest BCUT2D eigenvalue weighted by Gasteiger charge is 2.14. The van der Waals surface area contributed by atoms with Crippen LogP contribution in [0.4, 0.5) is 17.2 Å². The number of anilines is 3. The number of methoxy groups -OCH3 is 1. The summed E-state index contributed by atoms with van der Waals surface area (Å²) in [6.07, 6.45) is 2.14. The topological polar surface area (TPSA) is 102 Å². The molecule has 1 unspecified atom stereocenters. The molecule has 0 amide bonds. The van der Waals surface area contributed by atoms with Gasteiger partial charge in [-0.1, -0.05) is 6.07 Å². The molecular formula is C20H26N6O3. The lowest BCUT2D eigenvalue weighted by atomic mass is 10.1. The number of ether oxygens (including phenoxy) is 2. The van der Waals surface area contributed by atoms with Crippen LogP contribution in [0.3, 0.4) is 0 Å². The zero-order valence-corrected chi connectivity index (χ0v) is 17.0. The zero-order valence-electron chi connectivity index (χ0n) is 17.0. The Kier molecular flexibility index (Phi) is 6.63. The van der Waals surface area contributed by atoms with Crippen molar-refractivity contribution in [3.63, 3.8) is 0 Å². The second-order valence-electron chi connectivity index (χ2n) is 6.43. The fourth-order valence-corrected chi connectivity index (χ4v) is 2.96. The zero-order chi connectivity index (χ0) is 20.8. The van der Waals surface area contributed by atoms with Crippen LogP contribution in [0, 0.1) is 0 Å². The number of benzene rings is 1. The summed E-state index contributed by atoms with van der Waals surface area (Å²) in [4.78, 5) is 15.5. The second-order valence-corrected chi connectivity index (χ2v) is 6.43. The highest BCUT2D eigenvalue weighted by atomic mass is 16.5. The lowest BCUT2D eigenvalue weighted by molar-refractivity contribution is 0.0687. The number of aromatic nitrogens is 3. The first-order valence-corrected chi connectivity index (χ1v) is 9.34. The molecule has 154 valence electrons. The summed E-state index contributed by atoms with van der Waals surface area (Å²) in [5.74, 6) is 1.22. The number of carbonyl (C=O) groups excluding carboxylic acids is 1. The number of aldehydes is 1. The Hall–Kier alpha value is -3.17. The van der Waals surface area contributed by atoms with Crippen molar-refractivity contribution in [2.45, 2.75) is 13.0 Å². The van der Waals surface area contributed by atoms with E-state index in [1.165, 1.54) is 10.7 Å². The molecule has 0 fully saturated rings. The van der Waals surface area contributed by atoms with E-state index in [-0.39, 0.29) is 6.10 Å². The maximum Gasteiger partial charge on any atom is 0.177 e. The smallest absolute Gasteiger partial charge is 0.177 e. The van der Waals surface area contributed by atoms with Crippen LogP contribution in [0.5, 0.6) is 5.75 Å². The SMILES string of the molecule is CNCCOC(C)c1ccc(OC)c(Nc2cc(NC)c3ncc(C=O)n3n2)c1. The van der Waals surface area contributed by atoms with Gasteiger partial charge >= 0.3 is 0 Å². The molecule has 0 saturated heterocycles. The van der Waals surface area contributed by atoms with Gasteiger partial charge in [-0.2, -0.15) is 0 Å². The van der Waals surface area contributed by atoms with Gasteiger partial charge in [0.2, 0.25) is 0 Å². The molecule has 29 heavy (non-hydrogen) atoms. The summed E-state index contributed by atoms with van der Waals surface area (Å²) < 4.78 is 12.8. The van der Waals surface area contributed by atoms with Crippen LogP contribution in [-0.2, 0) is 4.74 Å². The molecule has 9 heteroatoms. The van der Waals surface area contributed by atoms with Crippen molar-refractivity contribution >= 4 is 29.1 Å². The van der Waals surface area contributed by atoms with E-state index in [2.05, 4.69) is 26.0 Å². The van der Waals surface area contributed by atoms with Gasteiger partial charge in [-0.3, -0.25) is 4.79 Å². The summed E-state index contributed by atoms with van der Waals surface area (Å²) in [5.41, 5.74) is 3.45. The van der Waals surface area contributed by atoms with Crippen LogP contribution >= 0.6 is 0 Å². The minimum Gasteiger partial charge on any atom is -0.495 e. The third-order valence-electron chi connectivity index (χ3n) is 4.56. The Bertz CT molecular complexity index is 988. The van der Waals surface area contributed by atoms with Crippen LogP contribution in [0.15, 0.2) is 30.5 Å². The van der Waals surface area contributed by atoms with Gasteiger partial charge < -0.3 is 25.4 Å². The molecule has 3 aromatic rings. The van der Waals surface area contributed by atoms with Crippen LogP contribution in [0.25, 0.3) is 5.65 Å². The standard InChI is InChI=1S/C20H26N6O3/c1-13(29-8-7-21-2)14-5-6-18(28-4)16(9-14)24-19-10-17(22-3)20-23-11-15(12-27)26(20)25-19/h5-6,9-13,21-22H,7-8H2,1-4H3,(H,24,25). The largest absolute Gasteiger partial charge is 0.495 e. The molecule has 0 radical (unpaired) electrons. The molecular weight excluding hydrogens is 372 g/mol. The second kappa shape index (κ2) is 9.35. The van der Waals surface area contributed by atoms with Crippen LogP contribution in [0.1, 0.15) is 29.1 Å². The molecule has 3 rings (SSSR count). The molecule has 1 aromatic carbocycles. The lowest BCUT2D eigenvalue weighted by Gasteiger charge is -2.17. The molecule has 3 N–H and O–H groups in total. The number of likely N-dealkylation sites (N-methyl/N-ethyl adjacent to an activating group) is 1. The molecule has 0 saturated carbocycles. The van der Waals surface area contributed by atoms with Crippen molar-refractivity contribution in [1.29, 1.82) is 0 Å². The van der Waals surface area contributed by atoms with Gasteiger partial charge in [-0.25, -0.2) is 9.50 Å². The number of imidazole rings is 1. The first-order valence-electron chi connectivity index (χ1n) is 9.34. The number of hydrogen-bond donors (Lipinski definition) is 3. The number of rotatable bonds is 10. The van der Waals surface area contributed by atoms with Crippen molar-refractivity contribution in [3.05, 3.63) is 41.7 Å². The molecule has 0 aliphatic carbocycles. The summed E-state index contributed by atoms with van der Waals surface area (Å²) in [6.45, 7) is 3.41. The molecule has 9 nitrogen and oxygen atoms in total. The van der Waals surface area contributed by atoms with Gasteiger partial charge in [-0.15, -0.1) is 5.10 Å². The van der Waals surface area contributed by atoms with Crippen LogP contribution in [0.2, 0.25) is 0 Å². The van der Waals surface area contributed by atoms with E-state index in [1.54, 1.807) is 14.2 Å². The fraction of sp³-hybridized carbons (Fsp3) is 0.350. The van der Waals surface area contributed by atoms with Crippen molar-refractivity contribution in [2.75, 3.05) is 45.0 Å². The molecule has 0 bridgehead atoms. The normalized spacial score (nSPS) is 12.0. The summed E-state index contributed by atoms with van der Waals surface area (Å²) >= 11 is 0. The van der Waals surface area contributed by atoms with E-state index in [4.69, 9.17) is 9.47 Å². The Balaban J connectivity index is 1.94. The highest BCUT2D eigenvalue weighted by Crippen LogP contribution is 2.32. The number of nitrogens with zero attached hydrogens (tertiary/aromatic N) is 3. The quantitative estimate of drug-likeness (QED) is 0.354. The van der Waals surface area contributed by atoms with E-state index < -0.39 is 0 Å². The molecule has 2 aromatic heterocycles. The van der Waals surface area contributed by atoms with E-state index in [1.807, 2.05) is 38.2 Å². The Morgan fingerprint density at radius 1 is 1.24 bits per heavy atom. The molecule has 0 spiro atoms. The molecule has 2 heterocycles. The van der Waals surface area contributed by atoms with Gasteiger partial charge in [0.1, 0.15) is 11.4 Å². The van der Waals surface area contributed by atoms with E-state index >= 15 is 0 Å². The van der Waals surface area contributed by atoms with E-state index in [0.717, 1.165) is 29.8 Å². The number of nitrogens with one attached hydrogen (secondary N) is 3. The predicted molar refractivity (Wildman–Crippen MR) is 112 cm³/mol. The lowest BCUT2D eigenvalue weighted by Crippen LogP contribution is -2.15. The Morgan fingerprint density at radius 3 is 2.76 bits per heavy atom. The maximum absolute atomic E-state index is 11.3. The average Bonchev–Trinajstić information content (AvgIpc) is 3.16. The van der Waals surface area contributed by atoms with Crippen molar-refractivity contribution < 1.29 is 14.3 Å². The van der Waals surface area contributed by atoms with Gasteiger partial charge in [0.15, 0.2) is 17.8 Å². The molecule has 1 atom stereocenters. The fourth-order valence-electron chi connectivity index (χ4n) is 2.96. The first-order chi connectivity index (χ1) is 14.1. The molecule has 0 aliphatic heterocycles. The van der Waals surface area contributed by atoms with E-state index in [9.17, 15) is 4.79 Å². The average molecular weight is 398 g/mol. The minimum atomic E-state index is -0.0755. The van der Waals surface area contributed by atoms with Crippen molar-refractivity contribution in [1.82, 2.24) is 19.9 Å². The number of carbonyl (C=O) groups is 1. The van der Waals surface area contributed by atoms with Gasteiger partial charge in [0.25, 0.3) is 0 Å². The molecule has 0 aliphatic rings. The van der Waals surface area contributed by atoms with Gasteiger partial charge in [-0.05, 0) is 31.7 Å². The predicted octanol–water partition coefficient (Wildman–Crippen LogP) is 2.63. The Morgan fingerprint density at radius 2 is 2.07 bits per heavy atom. The van der Waals surface area contributed by atoms with Crippen molar-refractivity contribution in [3.8, 4) is 5.75 Å². The summed E-state index contributed by atoms with van der Waals surface area (Å²) in [7, 11) is 5.30. The number of hydrogen-bond acceptors (Lipinski definition) is 8. The maximum atomic E-state index is 11.3. The first kappa shape index (κ1) is 20.6. The monoisotopic (exact) mass is 398 g/mol. The summed E-state index contributed by atoms with van der Waals surface area (Å²) in [6, 6.07) is 7.67. The third-order valence-corrected chi connectivity index (χ3v) is 4.56. The van der Waals surface area contributed by atoms with Crippen molar-refractivity contribution in [2.24, 2.45) is 0 Å². The van der Waals surface area contributed by atoms with E-state index in [0.29, 0.717) is 29.5 Å². The number of fused-ring (bicyclic) bond motifs is 1. The highest BCUT2D eigenvalue weighted by molar-refractivity contribution is 5.79. The Labute approximate surface area is 169 Å². The van der Waals surface area contributed by atoms with Crippen LogP contribution < -0.4 is 20.7 Å². The summed E-state index contributed by atoms with van der Waals surface area (Å²) in [5, 5.41) is 13.9. The third kappa shape index (κ3) is 4.47. The minimum absolute atomic E-state index is 0.0755. The van der Waals surface area contributed by atoms with Crippen LogP contribution in [-0.4, -0.2) is 55.2 Å². The van der Waals surface area contributed by atoms with Gasteiger partial charge in [0, 0.05) is 19.7 Å².